The third-order valence-corrected chi connectivity index (χ3v) is 2.40. The molecule has 1 unspecified atom stereocenters. The lowest BCUT2D eigenvalue weighted by Crippen LogP contribution is -2.32. The molecular formula is C10H15NO. The molecule has 0 aliphatic carbocycles. The van der Waals surface area contributed by atoms with Crippen LogP contribution in [0.2, 0.25) is 0 Å². The lowest BCUT2D eigenvalue weighted by atomic mass is 10.1. The van der Waals surface area contributed by atoms with Crippen molar-refractivity contribution in [2.45, 2.75) is 32.2 Å². The van der Waals surface area contributed by atoms with Gasteiger partial charge >= 0.3 is 0 Å². The molecule has 1 aliphatic heterocycles. The van der Waals surface area contributed by atoms with Crippen LogP contribution in [-0.4, -0.2) is 29.8 Å². The van der Waals surface area contributed by atoms with Crippen LogP contribution in [0.15, 0.2) is 0 Å². The Balaban J connectivity index is 2.44. The topological polar surface area (TPSA) is 20.3 Å². The van der Waals surface area contributed by atoms with Crippen LogP contribution >= 0.6 is 0 Å². The van der Waals surface area contributed by atoms with Gasteiger partial charge in [-0.05, 0) is 6.42 Å². The Labute approximate surface area is 73.9 Å². The summed E-state index contributed by atoms with van der Waals surface area (Å²) in [4.78, 5) is 13.2. The fraction of sp³-hybridized carbons (Fsp3) is 0.700. The molecule has 66 valence electrons. The molecule has 1 saturated heterocycles. The molecule has 0 radical (unpaired) electrons. The molecule has 0 aromatic carbocycles. The van der Waals surface area contributed by atoms with E-state index >= 15 is 0 Å². The molecule has 0 N–H and O–H groups in total. The zero-order valence-electron chi connectivity index (χ0n) is 7.55. The van der Waals surface area contributed by atoms with Crippen LogP contribution in [-0.2, 0) is 4.79 Å². The first-order valence-corrected chi connectivity index (χ1v) is 4.47. The highest BCUT2D eigenvalue weighted by atomic mass is 16.1. The molecule has 1 heterocycles. The molecule has 1 fully saturated rings. The molecule has 0 aromatic heterocycles. The van der Waals surface area contributed by atoms with Gasteiger partial charge in [-0.2, -0.15) is 0 Å². The van der Waals surface area contributed by atoms with E-state index in [9.17, 15) is 4.79 Å². The number of hydrogen-bond donors (Lipinski definition) is 0. The summed E-state index contributed by atoms with van der Waals surface area (Å²) in [5.74, 6) is 3.01. The molecule has 12 heavy (non-hydrogen) atoms. The van der Waals surface area contributed by atoms with E-state index in [1.54, 1.807) is 0 Å². The SMILES string of the molecule is C#CCC(CC)N1CCC(=O)C1. The average Bonchev–Trinajstić information content (AvgIpc) is 2.47. The second-order valence-electron chi connectivity index (χ2n) is 3.23. The molecule has 1 aliphatic rings. The minimum atomic E-state index is 0.352. The van der Waals surface area contributed by atoms with Gasteiger partial charge in [0.15, 0.2) is 0 Å². The quantitative estimate of drug-likeness (QED) is 0.583. The standard InChI is InChI=1S/C10H15NO/c1-3-5-9(4-2)11-7-6-10(12)8-11/h1,9H,4-8H2,2H3. The van der Waals surface area contributed by atoms with Gasteiger partial charge in [-0.25, -0.2) is 0 Å². The Morgan fingerprint density at radius 2 is 2.50 bits per heavy atom. The molecule has 2 nitrogen and oxygen atoms in total. The minimum absolute atomic E-state index is 0.352. The summed E-state index contributed by atoms with van der Waals surface area (Å²) in [5, 5.41) is 0. The molecule has 2 heteroatoms. The minimum Gasteiger partial charge on any atom is -0.298 e. The van der Waals surface area contributed by atoms with E-state index in [0.29, 0.717) is 24.8 Å². The number of Topliss-reactive ketones (excluding diaryl/α,β-unsaturated/α-hetero) is 1. The molecule has 0 bridgehead atoms. The monoisotopic (exact) mass is 165 g/mol. The van der Waals surface area contributed by atoms with E-state index in [1.165, 1.54) is 0 Å². The van der Waals surface area contributed by atoms with Crippen molar-refractivity contribution >= 4 is 5.78 Å². The van der Waals surface area contributed by atoms with Crippen LogP contribution < -0.4 is 0 Å². The third kappa shape index (κ3) is 2.09. The molecule has 1 atom stereocenters. The van der Waals surface area contributed by atoms with Gasteiger partial charge in [0.05, 0.1) is 6.54 Å². The zero-order valence-corrected chi connectivity index (χ0v) is 7.55. The van der Waals surface area contributed by atoms with E-state index in [-0.39, 0.29) is 0 Å². The molecule has 1 rings (SSSR count). The smallest absolute Gasteiger partial charge is 0.148 e. The first kappa shape index (κ1) is 9.28. The van der Waals surface area contributed by atoms with Crippen molar-refractivity contribution < 1.29 is 4.79 Å². The van der Waals surface area contributed by atoms with Crippen LogP contribution in [0, 0.1) is 12.3 Å². The van der Waals surface area contributed by atoms with Gasteiger partial charge in [-0.1, -0.05) is 6.92 Å². The van der Waals surface area contributed by atoms with Crippen molar-refractivity contribution in [3.63, 3.8) is 0 Å². The largest absolute Gasteiger partial charge is 0.298 e. The van der Waals surface area contributed by atoms with Gasteiger partial charge in [0, 0.05) is 25.4 Å². The predicted octanol–water partition coefficient (Wildman–Crippen LogP) is 1.06. The molecule has 0 aromatic rings. The Morgan fingerprint density at radius 3 is 2.92 bits per heavy atom. The number of hydrogen-bond acceptors (Lipinski definition) is 2. The highest BCUT2D eigenvalue weighted by Crippen LogP contribution is 2.13. The van der Waals surface area contributed by atoms with Gasteiger partial charge in [0.2, 0.25) is 0 Å². The van der Waals surface area contributed by atoms with Crippen LogP contribution in [0.1, 0.15) is 26.2 Å². The number of terminal acetylenes is 1. The number of rotatable bonds is 3. The highest BCUT2D eigenvalue weighted by Gasteiger charge is 2.24. The average molecular weight is 165 g/mol. The van der Waals surface area contributed by atoms with Crippen LogP contribution in [0.3, 0.4) is 0 Å². The van der Waals surface area contributed by atoms with Gasteiger partial charge in [-0.3, -0.25) is 9.69 Å². The molecule has 0 saturated carbocycles. The van der Waals surface area contributed by atoms with Crippen LogP contribution in [0.5, 0.6) is 0 Å². The number of carbonyl (C=O) groups excluding carboxylic acids is 1. The summed E-state index contributed by atoms with van der Waals surface area (Å²) in [7, 11) is 0. The van der Waals surface area contributed by atoms with E-state index in [4.69, 9.17) is 6.42 Å². The second-order valence-corrected chi connectivity index (χ2v) is 3.23. The number of nitrogens with zero attached hydrogens (tertiary/aromatic N) is 1. The van der Waals surface area contributed by atoms with E-state index in [2.05, 4.69) is 17.7 Å². The summed E-state index contributed by atoms with van der Waals surface area (Å²) in [5.41, 5.74) is 0. The first-order valence-electron chi connectivity index (χ1n) is 4.47. The van der Waals surface area contributed by atoms with Crippen molar-refractivity contribution in [1.29, 1.82) is 0 Å². The van der Waals surface area contributed by atoms with E-state index in [0.717, 1.165) is 19.4 Å². The van der Waals surface area contributed by atoms with Crippen LogP contribution in [0.25, 0.3) is 0 Å². The Bertz CT molecular complexity index is 204. The summed E-state index contributed by atoms with van der Waals surface area (Å²) < 4.78 is 0. The van der Waals surface area contributed by atoms with Gasteiger partial charge in [-0.15, -0.1) is 12.3 Å². The van der Waals surface area contributed by atoms with Crippen molar-refractivity contribution in [2.75, 3.05) is 13.1 Å². The zero-order chi connectivity index (χ0) is 8.97. The van der Waals surface area contributed by atoms with Crippen molar-refractivity contribution in [3.05, 3.63) is 0 Å². The van der Waals surface area contributed by atoms with Crippen molar-refractivity contribution in [1.82, 2.24) is 4.90 Å². The summed E-state index contributed by atoms with van der Waals surface area (Å²) in [6, 6.07) is 0.418. The Hall–Kier alpha value is -0.810. The van der Waals surface area contributed by atoms with Crippen LogP contribution in [0.4, 0.5) is 0 Å². The summed E-state index contributed by atoms with van der Waals surface area (Å²) in [6.45, 7) is 3.63. The summed E-state index contributed by atoms with van der Waals surface area (Å²) >= 11 is 0. The first-order chi connectivity index (χ1) is 5.77. The second kappa shape index (κ2) is 4.27. The molecular weight excluding hydrogens is 150 g/mol. The van der Waals surface area contributed by atoms with Crippen molar-refractivity contribution in [2.24, 2.45) is 0 Å². The van der Waals surface area contributed by atoms with Gasteiger partial charge in [0.1, 0.15) is 5.78 Å². The Morgan fingerprint density at radius 1 is 1.75 bits per heavy atom. The van der Waals surface area contributed by atoms with Gasteiger partial charge in [0.25, 0.3) is 0 Å². The van der Waals surface area contributed by atoms with E-state index in [1.807, 2.05) is 0 Å². The normalized spacial score (nSPS) is 20.8. The predicted molar refractivity (Wildman–Crippen MR) is 48.7 cm³/mol. The Kier molecular flexibility index (Phi) is 3.31. The lowest BCUT2D eigenvalue weighted by Gasteiger charge is -2.23. The van der Waals surface area contributed by atoms with E-state index < -0.39 is 0 Å². The fourth-order valence-corrected chi connectivity index (χ4v) is 1.63. The number of ketones is 1. The van der Waals surface area contributed by atoms with Crippen molar-refractivity contribution in [3.8, 4) is 12.3 Å². The maximum atomic E-state index is 11.0. The highest BCUT2D eigenvalue weighted by molar-refractivity contribution is 5.82. The maximum absolute atomic E-state index is 11.0. The molecule has 0 amide bonds. The fourth-order valence-electron chi connectivity index (χ4n) is 1.63. The van der Waals surface area contributed by atoms with Gasteiger partial charge < -0.3 is 0 Å². The third-order valence-electron chi connectivity index (χ3n) is 2.40. The maximum Gasteiger partial charge on any atom is 0.148 e. The number of likely N-dealkylation sites (tertiary alicyclic amines) is 1. The number of carbonyl (C=O) groups is 1. The summed E-state index contributed by atoms with van der Waals surface area (Å²) in [6.07, 6.45) is 7.76. The lowest BCUT2D eigenvalue weighted by molar-refractivity contribution is -0.117. The molecule has 0 spiro atoms.